The molecule has 0 amide bonds. The molecule has 2 nitrogen and oxygen atoms in total. The Morgan fingerprint density at radius 2 is 2.19 bits per heavy atom. The van der Waals surface area contributed by atoms with Crippen LogP contribution in [-0.2, 0) is 4.79 Å². The van der Waals surface area contributed by atoms with Crippen LogP contribution in [0.25, 0.3) is 0 Å². The average molecular weight is 224 g/mol. The lowest BCUT2D eigenvalue weighted by molar-refractivity contribution is -0.140. The SMILES string of the molecule is CCCC(C)C(C(=O)O)c1cccc(F)c1. The smallest absolute Gasteiger partial charge is 0.311 e. The molecule has 0 heterocycles. The molecule has 0 aliphatic carbocycles. The van der Waals surface area contributed by atoms with Gasteiger partial charge in [0.05, 0.1) is 5.92 Å². The molecule has 0 aliphatic rings. The maximum Gasteiger partial charge on any atom is 0.311 e. The van der Waals surface area contributed by atoms with Crippen molar-refractivity contribution in [3.63, 3.8) is 0 Å². The second-order valence-electron chi connectivity index (χ2n) is 4.14. The van der Waals surface area contributed by atoms with Crippen molar-refractivity contribution in [1.82, 2.24) is 0 Å². The first kappa shape index (κ1) is 12.7. The van der Waals surface area contributed by atoms with Crippen molar-refractivity contribution in [2.75, 3.05) is 0 Å². The second-order valence-corrected chi connectivity index (χ2v) is 4.14. The number of benzene rings is 1. The minimum Gasteiger partial charge on any atom is -0.481 e. The Labute approximate surface area is 95.1 Å². The molecule has 0 saturated carbocycles. The third kappa shape index (κ3) is 3.05. The molecule has 3 heteroatoms. The summed E-state index contributed by atoms with van der Waals surface area (Å²) in [4.78, 5) is 11.2. The Morgan fingerprint density at radius 1 is 1.50 bits per heavy atom. The average Bonchev–Trinajstić information content (AvgIpc) is 2.17. The Hall–Kier alpha value is -1.38. The molecule has 2 atom stereocenters. The van der Waals surface area contributed by atoms with Crippen LogP contribution in [0.15, 0.2) is 24.3 Å². The van der Waals surface area contributed by atoms with E-state index in [1.54, 1.807) is 12.1 Å². The van der Waals surface area contributed by atoms with E-state index in [-0.39, 0.29) is 11.7 Å². The first-order valence-electron chi connectivity index (χ1n) is 5.54. The van der Waals surface area contributed by atoms with Gasteiger partial charge in [-0.15, -0.1) is 0 Å². The Morgan fingerprint density at radius 3 is 2.69 bits per heavy atom. The minimum atomic E-state index is -0.883. The van der Waals surface area contributed by atoms with E-state index < -0.39 is 11.9 Å². The molecule has 0 bridgehead atoms. The van der Waals surface area contributed by atoms with Gasteiger partial charge < -0.3 is 5.11 Å². The monoisotopic (exact) mass is 224 g/mol. The van der Waals surface area contributed by atoms with Crippen LogP contribution in [0.3, 0.4) is 0 Å². The van der Waals surface area contributed by atoms with E-state index in [1.165, 1.54) is 12.1 Å². The molecule has 0 radical (unpaired) electrons. The summed E-state index contributed by atoms with van der Waals surface area (Å²) >= 11 is 0. The van der Waals surface area contributed by atoms with Crippen molar-refractivity contribution in [2.45, 2.75) is 32.6 Å². The van der Waals surface area contributed by atoms with E-state index in [0.717, 1.165) is 12.8 Å². The lowest BCUT2D eigenvalue weighted by Crippen LogP contribution is -2.19. The first-order valence-corrected chi connectivity index (χ1v) is 5.54. The molecule has 1 aromatic rings. The van der Waals surface area contributed by atoms with Crippen molar-refractivity contribution < 1.29 is 14.3 Å². The highest BCUT2D eigenvalue weighted by molar-refractivity contribution is 5.76. The van der Waals surface area contributed by atoms with Crippen LogP contribution in [0, 0.1) is 11.7 Å². The van der Waals surface area contributed by atoms with Crippen molar-refractivity contribution in [2.24, 2.45) is 5.92 Å². The fraction of sp³-hybridized carbons (Fsp3) is 0.462. The molecule has 0 aromatic heterocycles. The topological polar surface area (TPSA) is 37.3 Å². The van der Waals surface area contributed by atoms with E-state index in [1.807, 2.05) is 13.8 Å². The highest BCUT2D eigenvalue weighted by atomic mass is 19.1. The van der Waals surface area contributed by atoms with Crippen LogP contribution in [0.5, 0.6) is 0 Å². The van der Waals surface area contributed by atoms with E-state index in [4.69, 9.17) is 0 Å². The molecule has 2 unspecified atom stereocenters. The van der Waals surface area contributed by atoms with Gasteiger partial charge in [-0.2, -0.15) is 0 Å². The van der Waals surface area contributed by atoms with Crippen molar-refractivity contribution in [3.8, 4) is 0 Å². The maximum atomic E-state index is 13.0. The van der Waals surface area contributed by atoms with Gasteiger partial charge in [0.1, 0.15) is 5.82 Å². The molecule has 1 aromatic carbocycles. The molecular formula is C13H17FO2. The van der Waals surface area contributed by atoms with E-state index in [2.05, 4.69) is 0 Å². The van der Waals surface area contributed by atoms with Gasteiger partial charge in [0.15, 0.2) is 0 Å². The quantitative estimate of drug-likeness (QED) is 0.832. The number of carboxylic acids is 1. The Balaban J connectivity index is 2.98. The third-order valence-corrected chi connectivity index (χ3v) is 2.79. The van der Waals surface area contributed by atoms with Crippen molar-refractivity contribution in [1.29, 1.82) is 0 Å². The number of aliphatic carboxylic acids is 1. The molecule has 1 N–H and O–H groups in total. The Kier molecular flexibility index (Phi) is 4.47. The lowest BCUT2D eigenvalue weighted by Gasteiger charge is -2.19. The predicted molar refractivity (Wildman–Crippen MR) is 60.8 cm³/mol. The summed E-state index contributed by atoms with van der Waals surface area (Å²) in [5.41, 5.74) is 0.549. The van der Waals surface area contributed by atoms with Crippen LogP contribution in [0.1, 0.15) is 38.2 Å². The van der Waals surface area contributed by atoms with Gasteiger partial charge in [-0.1, -0.05) is 32.4 Å². The number of rotatable bonds is 5. The molecular weight excluding hydrogens is 207 g/mol. The highest BCUT2D eigenvalue weighted by Crippen LogP contribution is 2.28. The van der Waals surface area contributed by atoms with E-state index >= 15 is 0 Å². The van der Waals surface area contributed by atoms with Crippen LogP contribution >= 0.6 is 0 Å². The van der Waals surface area contributed by atoms with Gasteiger partial charge in [-0.3, -0.25) is 4.79 Å². The number of carboxylic acid groups (broad SMARTS) is 1. The molecule has 0 aliphatic heterocycles. The summed E-state index contributed by atoms with van der Waals surface area (Å²) in [7, 11) is 0. The number of hydrogen-bond acceptors (Lipinski definition) is 1. The van der Waals surface area contributed by atoms with Gasteiger partial charge >= 0.3 is 5.97 Å². The van der Waals surface area contributed by atoms with Gasteiger partial charge in [-0.25, -0.2) is 4.39 Å². The molecule has 0 spiro atoms. The molecule has 0 fully saturated rings. The summed E-state index contributed by atoms with van der Waals surface area (Å²) in [5.74, 6) is -1.86. The highest BCUT2D eigenvalue weighted by Gasteiger charge is 2.26. The van der Waals surface area contributed by atoms with Crippen molar-refractivity contribution >= 4 is 5.97 Å². The van der Waals surface area contributed by atoms with Gasteiger partial charge in [0.25, 0.3) is 0 Å². The zero-order chi connectivity index (χ0) is 12.1. The molecule has 16 heavy (non-hydrogen) atoms. The molecule has 88 valence electrons. The fourth-order valence-electron chi connectivity index (χ4n) is 2.04. The summed E-state index contributed by atoms with van der Waals surface area (Å²) < 4.78 is 13.0. The van der Waals surface area contributed by atoms with Gasteiger partial charge in [0.2, 0.25) is 0 Å². The molecule has 1 rings (SSSR count). The summed E-state index contributed by atoms with van der Waals surface area (Å²) in [6.45, 7) is 3.91. The third-order valence-electron chi connectivity index (χ3n) is 2.79. The minimum absolute atomic E-state index is 0.0179. The lowest BCUT2D eigenvalue weighted by atomic mass is 9.84. The van der Waals surface area contributed by atoms with E-state index in [0.29, 0.717) is 5.56 Å². The number of halogens is 1. The largest absolute Gasteiger partial charge is 0.481 e. The summed E-state index contributed by atoms with van der Waals surface area (Å²) in [5, 5.41) is 9.19. The predicted octanol–water partition coefficient (Wildman–Crippen LogP) is 3.43. The summed E-state index contributed by atoms with van der Waals surface area (Å²) in [6, 6.07) is 5.87. The van der Waals surface area contributed by atoms with Gasteiger partial charge in [-0.05, 0) is 30.0 Å². The number of hydrogen-bond donors (Lipinski definition) is 1. The Bertz CT molecular complexity index is 363. The zero-order valence-electron chi connectivity index (χ0n) is 9.61. The van der Waals surface area contributed by atoms with Crippen LogP contribution in [-0.4, -0.2) is 11.1 Å². The van der Waals surface area contributed by atoms with Crippen LogP contribution in [0.4, 0.5) is 4.39 Å². The fourth-order valence-corrected chi connectivity index (χ4v) is 2.04. The van der Waals surface area contributed by atoms with Crippen LogP contribution in [0.2, 0.25) is 0 Å². The normalized spacial score (nSPS) is 14.4. The number of carbonyl (C=O) groups is 1. The first-order chi connectivity index (χ1) is 7.56. The standard InChI is InChI=1S/C13H17FO2/c1-3-5-9(2)12(13(15)16)10-6-4-7-11(14)8-10/h4,6-9,12H,3,5H2,1-2H3,(H,15,16). The maximum absolute atomic E-state index is 13.0. The van der Waals surface area contributed by atoms with E-state index in [9.17, 15) is 14.3 Å². The summed E-state index contributed by atoms with van der Waals surface area (Å²) in [6.07, 6.45) is 1.76. The van der Waals surface area contributed by atoms with Crippen molar-refractivity contribution in [3.05, 3.63) is 35.6 Å². The van der Waals surface area contributed by atoms with Gasteiger partial charge in [0, 0.05) is 0 Å². The zero-order valence-corrected chi connectivity index (χ0v) is 9.61. The van der Waals surface area contributed by atoms with Crippen LogP contribution < -0.4 is 0 Å². The second kappa shape index (κ2) is 5.64. The molecule has 0 saturated heterocycles.